The van der Waals surface area contributed by atoms with E-state index >= 15 is 0 Å². The number of carbonyl (C=O) groups excluding carboxylic acids is 2. The van der Waals surface area contributed by atoms with Crippen molar-refractivity contribution in [1.29, 1.82) is 0 Å². The van der Waals surface area contributed by atoms with E-state index in [0.717, 1.165) is 11.3 Å². The highest BCUT2D eigenvalue weighted by atomic mass is 32.1. The molecule has 182 valence electrons. The predicted molar refractivity (Wildman–Crippen MR) is 132 cm³/mol. The summed E-state index contributed by atoms with van der Waals surface area (Å²) in [6.07, 6.45) is 2.03. The zero-order chi connectivity index (χ0) is 24.8. The largest absolute Gasteiger partial charge is 0.477 e. The van der Waals surface area contributed by atoms with Crippen molar-refractivity contribution in [3.63, 3.8) is 0 Å². The number of fused-ring (bicyclic) bond motifs is 3. The van der Waals surface area contributed by atoms with Gasteiger partial charge in [0, 0.05) is 18.4 Å². The molecule has 1 aromatic heterocycles. The third-order valence-electron chi connectivity index (χ3n) is 6.05. The smallest absolute Gasteiger partial charge is 0.407 e. The number of ether oxygens (including phenoxy) is 1. The molecule has 0 bridgehead atoms. The lowest BCUT2D eigenvalue weighted by Gasteiger charge is -2.15. The number of nitrogens with one attached hydrogen (secondary N) is 2. The van der Waals surface area contributed by atoms with Crippen LogP contribution in [0.2, 0.25) is 0 Å². The molecule has 0 saturated heterocycles. The van der Waals surface area contributed by atoms with Gasteiger partial charge in [0.1, 0.15) is 16.5 Å². The topological polar surface area (TPSA) is 118 Å². The number of hydrogen-bond acceptors (Lipinski definition) is 6. The number of carboxylic acids is 1. The Bertz CT molecular complexity index is 1180. The van der Waals surface area contributed by atoms with Gasteiger partial charge in [-0.3, -0.25) is 4.79 Å². The normalized spacial score (nSPS) is 12.9. The molecule has 0 radical (unpaired) electrons. The second-order valence-corrected chi connectivity index (χ2v) is 9.55. The summed E-state index contributed by atoms with van der Waals surface area (Å²) in [5.74, 6) is -1.41. The highest BCUT2D eigenvalue weighted by Crippen LogP contribution is 2.44. The monoisotopic (exact) mass is 493 g/mol. The molecule has 0 aliphatic heterocycles. The number of rotatable bonds is 10. The highest BCUT2D eigenvalue weighted by Gasteiger charge is 2.29. The summed E-state index contributed by atoms with van der Waals surface area (Å²) >= 11 is 1.04. The number of aromatic nitrogens is 1. The fraction of sp³-hybridized carbons (Fsp3) is 0.308. The lowest BCUT2D eigenvalue weighted by Crippen LogP contribution is -2.30. The minimum Gasteiger partial charge on any atom is -0.477 e. The van der Waals surface area contributed by atoms with Gasteiger partial charge in [-0.1, -0.05) is 55.5 Å². The van der Waals surface area contributed by atoms with Crippen LogP contribution in [0.15, 0.2) is 54.7 Å². The standard InChI is InChI=1S/C26H27N3O5S/c1-16(24(30)29-14-23-28-13-22(35-23)25(31)32)7-6-12-27-26(33)34-15-21-19-10-4-2-8-17(19)18-9-3-5-11-20(18)21/h2-5,8-11,13,16,21H,6-7,12,14-15H2,1H3,(H,27,33)(H,29,30)(H,31,32). The Morgan fingerprint density at radius 3 is 2.34 bits per heavy atom. The van der Waals surface area contributed by atoms with Crippen molar-refractivity contribution in [3.05, 3.63) is 75.7 Å². The maximum absolute atomic E-state index is 12.3. The quantitative estimate of drug-likeness (QED) is 0.360. The number of carbonyl (C=O) groups is 3. The zero-order valence-corrected chi connectivity index (χ0v) is 20.1. The lowest BCUT2D eigenvalue weighted by atomic mass is 9.98. The van der Waals surface area contributed by atoms with Gasteiger partial charge >= 0.3 is 12.1 Å². The van der Waals surface area contributed by atoms with Gasteiger partial charge < -0.3 is 20.5 Å². The van der Waals surface area contributed by atoms with E-state index in [0.29, 0.717) is 24.4 Å². The van der Waals surface area contributed by atoms with Crippen LogP contribution in [-0.4, -0.2) is 41.2 Å². The summed E-state index contributed by atoms with van der Waals surface area (Å²) in [6.45, 7) is 2.67. The Labute approximate surface area is 207 Å². The molecule has 3 N–H and O–H groups in total. The summed E-state index contributed by atoms with van der Waals surface area (Å²) in [7, 11) is 0. The third kappa shape index (κ3) is 5.86. The fourth-order valence-corrected chi connectivity index (χ4v) is 4.90. The van der Waals surface area contributed by atoms with E-state index in [1.54, 1.807) is 0 Å². The number of thiazole rings is 1. The van der Waals surface area contributed by atoms with Gasteiger partial charge in [-0.05, 0) is 35.1 Å². The van der Waals surface area contributed by atoms with E-state index in [1.807, 2.05) is 31.2 Å². The molecule has 4 rings (SSSR count). The molecule has 2 aromatic carbocycles. The van der Waals surface area contributed by atoms with E-state index in [4.69, 9.17) is 9.84 Å². The van der Waals surface area contributed by atoms with Crippen LogP contribution >= 0.6 is 11.3 Å². The van der Waals surface area contributed by atoms with Crippen LogP contribution in [0.4, 0.5) is 4.79 Å². The van der Waals surface area contributed by atoms with Crippen LogP contribution in [-0.2, 0) is 16.1 Å². The molecule has 1 heterocycles. The number of benzene rings is 2. The summed E-state index contributed by atoms with van der Waals surface area (Å²) in [4.78, 5) is 39.6. The maximum Gasteiger partial charge on any atom is 0.407 e. The fourth-order valence-electron chi connectivity index (χ4n) is 4.21. The van der Waals surface area contributed by atoms with Crippen LogP contribution in [0.3, 0.4) is 0 Å². The number of nitrogens with zero attached hydrogens (tertiary/aromatic N) is 1. The second-order valence-electron chi connectivity index (χ2n) is 8.44. The Hall–Kier alpha value is -3.72. The van der Waals surface area contributed by atoms with Crippen LogP contribution < -0.4 is 10.6 Å². The summed E-state index contributed by atoms with van der Waals surface area (Å²) < 4.78 is 5.52. The number of alkyl carbamates (subject to hydrolysis) is 1. The van der Waals surface area contributed by atoms with E-state index in [2.05, 4.69) is 39.9 Å². The van der Waals surface area contributed by atoms with Crippen LogP contribution in [0, 0.1) is 5.92 Å². The number of aromatic carboxylic acids is 1. The molecule has 0 fully saturated rings. The number of hydrogen-bond donors (Lipinski definition) is 3. The Morgan fingerprint density at radius 2 is 1.71 bits per heavy atom. The van der Waals surface area contributed by atoms with Crippen molar-refractivity contribution in [3.8, 4) is 11.1 Å². The SMILES string of the molecule is CC(CCCNC(=O)OCC1c2ccccc2-c2ccccc21)C(=O)NCc1ncc(C(=O)O)s1. The maximum atomic E-state index is 12.3. The van der Waals surface area contributed by atoms with Crippen molar-refractivity contribution in [1.82, 2.24) is 15.6 Å². The Morgan fingerprint density at radius 1 is 1.06 bits per heavy atom. The van der Waals surface area contributed by atoms with Crippen LogP contribution in [0.1, 0.15) is 51.5 Å². The number of carboxylic acid groups (broad SMARTS) is 1. The average Bonchev–Trinajstić information content (AvgIpc) is 3.47. The van der Waals surface area contributed by atoms with Crippen molar-refractivity contribution >= 4 is 29.3 Å². The van der Waals surface area contributed by atoms with Crippen molar-refractivity contribution in [2.24, 2.45) is 5.92 Å². The van der Waals surface area contributed by atoms with Gasteiger partial charge in [0.2, 0.25) is 5.91 Å². The van der Waals surface area contributed by atoms with Crippen molar-refractivity contribution in [2.75, 3.05) is 13.2 Å². The van der Waals surface area contributed by atoms with E-state index in [-0.39, 0.29) is 35.8 Å². The first-order valence-electron chi connectivity index (χ1n) is 11.5. The molecule has 0 spiro atoms. The minimum atomic E-state index is -1.03. The summed E-state index contributed by atoms with van der Waals surface area (Å²) in [5.41, 5.74) is 4.69. The van der Waals surface area contributed by atoms with Gasteiger partial charge in [-0.2, -0.15) is 0 Å². The molecule has 1 aliphatic rings. The van der Waals surface area contributed by atoms with Gasteiger partial charge in [0.05, 0.1) is 12.7 Å². The number of amides is 2. The van der Waals surface area contributed by atoms with E-state index in [1.165, 1.54) is 28.5 Å². The first-order chi connectivity index (χ1) is 16.9. The molecule has 35 heavy (non-hydrogen) atoms. The molecule has 2 amide bonds. The first-order valence-corrected chi connectivity index (χ1v) is 12.3. The zero-order valence-electron chi connectivity index (χ0n) is 19.3. The third-order valence-corrected chi connectivity index (χ3v) is 7.04. The molecule has 0 saturated carbocycles. The summed E-state index contributed by atoms with van der Waals surface area (Å²) in [6, 6.07) is 16.4. The average molecular weight is 494 g/mol. The molecule has 9 heteroatoms. The van der Waals surface area contributed by atoms with Gasteiger partial charge in [0.15, 0.2) is 0 Å². The van der Waals surface area contributed by atoms with Crippen LogP contribution in [0.25, 0.3) is 11.1 Å². The van der Waals surface area contributed by atoms with Crippen LogP contribution in [0.5, 0.6) is 0 Å². The molecule has 8 nitrogen and oxygen atoms in total. The molecule has 3 aromatic rings. The minimum absolute atomic E-state index is 0.0151. The Balaban J connectivity index is 1.16. The molecule has 1 unspecified atom stereocenters. The van der Waals surface area contributed by atoms with Crippen molar-refractivity contribution < 1.29 is 24.2 Å². The first kappa shape index (κ1) is 24.4. The molecule has 1 aliphatic carbocycles. The second kappa shape index (κ2) is 11.1. The molecule has 1 atom stereocenters. The van der Waals surface area contributed by atoms with Crippen molar-refractivity contribution in [2.45, 2.75) is 32.2 Å². The summed E-state index contributed by atoms with van der Waals surface area (Å²) in [5, 5.41) is 15.0. The molecular formula is C26H27N3O5S. The molecular weight excluding hydrogens is 466 g/mol. The van der Waals surface area contributed by atoms with Gasteiger partial charge in [-0.25, -0.2) is 14.6 Å². The highest BCUT2D eigenvalue weighted by molar-refractivity contribution is 7.13. The van der Waals surface area contributed by atoms with Gasteiger partial charge in [-0.15, -0.1) is 11.3 Å². The van der Waals surface area contributed by atoms with E-state index in [9.17, 15) is 14.4 Å². The van der Waals surface area contributed by atoms with E-state index < -0.39 is 12.1 Å². The Kier molecular flexibility index (Phi) is 7.77. The lowest BCUT2D eigenvalue weighted by molar-refractivity contribution is -0.124. The predicted octanol–water partition coefficient (Wildman–Crippen LogP) is 4.41. The van der Waals surface area contributed by atoms with Gasteiger partial charge in [0.25, 0.3) is 0 Å².